The Balaban J connectivity index is 2.06. The lowest BCUT2D eigenvalue weighted by Gasteiger charge is -2.32. The molecular weight excluding hydrogens is 404 g/mol. The van der Waals surface area contributed by atoms with Gasteiger partial charge in [0.2, 0.25) is 0 Å². The van der Waals surface area contributed by atoms with Crippen LogP contribution in [0.2, 0.25) is 0 Å². The SMILES string of the molecule is COc1ccc(C(C#N)(CCCN(C)CCc2ccccc2C(=O)O)C(C)C)cc1OC. The highest BCUT2D eigenvalue weighted by Crippen LogP contribution is 2.40. The number of hydrogen-bond donors (Lipinski definition) is 1. The van der Waals surface area contributed by atoms with Crippen molar-refractivity contribution in [1.82, 2.24) is 4.90 Å². The molecule has 2 rings (SSSR count). The van der Waals surface area contributed by atoms with Crippen LogP contribution in [0.1, 0.15) is 48.2 Å². The zero-order chi connectivity index (χ0) is 23.7. The molecule has 0 fully saturated rings. The summed E-state index contributed by atoms with van der Waals surface area (Å²) in [5.74, 6) is 0.500. The van der Waals surface area contributed by atoms with E-state index in [1.807, 2.05) is 37.4 Å². The van der Waals surface area contributed by atoms with E-state index in [-0.39, 0.29) is 5.92 Å². The topological polar surface area (TPSA) is 82.8 Å². The molecule has 1 N–H and O–H groups in total. The van der Waals surface area contributed by atoms with E-state index in [0.717, 1.165) is 30.6 Å². The zero-order valence-corrected chi connectivity index (χ0v) is 19.7. The number of likely N-dealkylation sites (N-methyl/N-ethyl adjacent to an activating group) is 1. The third-order valence-electron chi connectivity index (χ3n) is 6.21. The van der Waals surface area contributed by atoms with Gasteiger partial charge in [-0.2, -0.15) is 5.26 Å². The Kier molecular flexibility index (Phi) is 9.10. The fourth-order valence-electron chi connectivity index (χ4n) is 4.13. The molecule has 0 saturated carbocycles. The Hall–Kier alpha value is -3.04. The van der Waals surface area contributed by atoms with E-state index in [1.165, 1.54) is 0 Å². The molecule has 1 unspecified atom stereocenters. The molecule has 32 heavy (non-hydrogen) atoms. The summed E-state index contributed by atoms with van der Waals surface area (Å²) in [6.07, 6.45) is 2.23. The van der Waals surface area contributed by atoms with Crippen LogP contribution in [0.25, 0.3) is 0 Å². The summed E-state index contributed by atoms with van der Waals surface area (Å²) in [4.78, 5) is 13.6. The summed E-state index contributed by atoms with van der Waals surface area (Å²) in [5.41, 5.74) is 1.50. The number of rotatable bonds is 12. The standard InChI is InChI=1S/C26H34N2O4/c1-19(2)26(18-27,21-11-12-23(31-4)24(17-21)32-5)14-8-15-28(3)16-13-20-9-6-7-10-22(20)25(29)30/h6-7,9-12,17,19H,8,13-16H2,1-5H3,(H,29,30). The smallest absolute Gasteiger partial charge is 0.335 e. The maximum Gasteiger partial charge on any atom is 0.335 e. The van der Waals surface area contributed by atoms with Gasteiger partial charge in [-0.25, -0.2) is 4.79 Å². The molecule has 2 aromatic carbocycles. The predicted octanol–water partition coefficient (Wildman–Crippen LogP) is 4.77. The molecule has 0 heterocycles. The van der Waals surface area contributed by atoms with Crippen LogP contribution in [0.3, 0.4) is 0 Å². The molecule has 172 valence electrons. The highest BCUT2D eigenvalue weighted by atomic mass is 16.5. The van der Waals surface area contributed by atoms with Crippen molar-refractivity contribution >= 4 is 5.97 Å². The van der Waals surface area contributed by atoms with E-state index >= 15 is 0 Å². The van der Waals surface area contributed by atoms with Gasteiger partial charge in [0.25, 0.3) is 0 Å². The Labute approximate surface area is 191 Å². The largest absolute Gasteiger partial charge is 0.493 e. The third kappa shape index (κ3) is 5.80. The quantitative estimate of drug-likeness (QED) is 0.514. The average molecular weight is 439 g/mol. The molecule has 0 radical (unpaired) electrons. The number of carboxylic acid groups (broad SMARTS) is 1. The number of aromatic carboxylic acids is 1. The number of nitrogens with zero attached hydrogens (tertiary/aromatic N) is 2. The number of carboxylic acids is 1. The predicted molar refractivity (Wildman–Crippen MR) is 126 cm³/mol. The Morgan fingerprint density at radius 1 is 1.12 bits per heavy atom. The zero-order valence-electron chi connectivity index (χ0n) is 19.7. The monoisotopic (exact) mass is 438 g/mol. The highest BCUT2D eigenvalue weighted by Gasteiger charge is 2.36. The fraction of sp³-hybridized carbons (Fsp3) is 0.462. The van der Waals surface area contributed by atoms with Crippen molar-refractivity contribution < 1.29 is 19.4 Å². The van der Waals surface area contributed by atoms with Gasteiger partial charge in [0.15, 0.2) is 11.5 Å². The van der Waals surface area contributed by atoms with Crippen LogP contribution in [0.15, 0.2) is 42.5 Å². The van der Waals surface area contributed by atoms with Gasteiger partial charge in [0.05, 0.1) is 31.3 Å². The first-order valence-corrected chi connectivity index (χ1v) is 10.9. The van der Waals surface area contributed by atoms with E-state index in [2.05, 4.69) is 24.8 Å². The van der Waals surface area contributed by atoms with E-state index in [9.17, 15) is 15.2 Å². The normalized spacial score (nSPS) is 12.9. The fourth-order valence-corrected chi connectivity index (χ4v) is 4.13. The maximum absolute atomic E-state index is 11.4. The molecule has 0 aliphatic rings. The maximum atomic E-state index is 11.4. The van der Waals surface area contributed by atoms with Crippen LogP contribution >= 0.6 is 0 Å². The second kappa shape index (κ2) is 11.5. The number of benzene rings is 2. The highest BCUT2D eigenvalue weighted by molar-refractivity contribution is 5.89. The van der Waals surface area contributed by atoms with Gasteiger partial charge >= 0.3 is 5.97 Å². The van der Waals surface area contributed by atoms with Crippen molar-refractivity contribution in [1.29, 1.82) is 5.26 Å². The molecule has 0 spiro atoms. The third-order valence-corrected chi connectivity index (χ3v) is 6.21. The first-order chi connectivity index (χ1) is 15.3. The molecular formula is C26H34N2O4. The lowest BCUT2D eigenvalue weighted by atomic mass is 9.69. The van der Waals surface area contributed by atoms with Crippen molar-refractivity contribution in [2.75, 3.05) is 34.4 Å². The lowest BCUT2D eigenvalue weighted by molar-refractivity contribution is 0.0695. The van der Waals surface area contributed by atoms with Gasteiger partial charge in [0.1, 0.15) is 0 Å². The molecule has 0 bridgehead atoms. The van der Waals surface area contributed by atoms with Gasteiger partial charge in [-0.05, 0) is 68.1 Å². The first kappa shape index (κ1) is 25.2. The molecule has 0 amide bonds. The Morgan fingerprint density at radius 3 is 2.41 bits per heavy atom. The van der Waals surface area contributed by atoms with Crippen LogP contribution in [-0.4, -0.2) is 50.3 Å². The summed E-state index contributed by atoms with van der Waals surface area (Å²) in [5, 5.41) is 19.6. The summed E-state index contributed by atoms with van der Waals surface area (Å²) in [6.45, 7) is 5.72. The van der Waals surface area contributed by atoms with Gasteiger partial charge in [-0.3, -0.25) is 0 Å². The van der Waals surface area contributed by atoms with Crippen molar-refractivity contribution in [3.05, 3.63) is 59.2 Å². The van der Waals surface area contributed by atoms with Crippen molar-refractivity contribution in [3.8, 4) is 17.6 Å². The first-order valence-electron chi connectivity index (χ1n) is 10.9. The summed E-state index contributed by atoms with van der Waals surface area (Å²) < 4.78 is 10.8. The van der Waals surface area contributed by atoms with Crippen molar-refractivity contribution in [3.63, 3.8) is 0 Å². The van der Waals surface area contributed by atoms with Crippen LogP contribution in [0.5, 0.6) is 11.5 Å². The number of carbonyl (C=O) groups is 1. The van der Waals surface area contributed by atoms with Crippen LogP contribution < -0.4 is 9.47 Å². The summed E-state index contributed by atoms with van der Waals surface area (Å²) in [6, 6.07) is 15.4. The summed E-state index contributed by atoms with van der Waals surface area (Å²) in [7, 11) is 5.23. The molecule has 0 aliphatic carbocycles. The van der Waals surface area contributed by atoms with Gasteiger partial charge < -0.3 is 19.5 Å². The number of hydrogen-bond acceptors (Lipinski definition) is 5. The number of methoxy groups -OCH3 is 2. The van der Waals surface area contributed by atoms with Gasteiger partial charge in [-0.15, -0.1) is 0 Å². The number of nitriles is 1. The van der Waals surface area contributed by atoms with E-state index < -0.39 is 11.4 Å². The molecule has 6 nitrogen and oxygen atoms in total. The van der Waals surface area contributed by atoms with Crippen LogP contribution in [0.4, 0.5) is 0 Å². The minimum Gasteiger partial charge on any atom is -0.493 e. The second-order valence-corrected chi connectivity index (χ2v) is 8.43. The molecule has 1 atom stereocenters. The van der Waals surface area contributed by atoms with Crippen molar-refractivity contribution in [2.45, 2.75) is 38.5 Å². The summed E-state index contributed by atoms with van der Waals surface area (Å²) >= 11 is 0. The van der Waals surface area contributed by atoms with E-state index in [1.54, 1.807) is 26.4 Å². The van der Waals surface area contributed by atoms with Crippen LogP contribution in [-0.2, 0) is 11.8 Å². The molecule has 2 aromatic rings. The Bertz CT molecular complexity index is 951. The minimum atomic E-state index is -0.895. The molecule has 0 aromatic heterocycles. The molecule has 6 heteroatoms. The lowest BCUT2D eigenvalue weighted by Crippen LogP contribution is -2.32. The van der Waals surface area contributed by atoms with E-state index in [0.29, 0.717) is 29.9 Å². The average Bonchev–Trinajstić information content (AvgIpc) is 2.80. The van der Waals surface area contributed by atoms with Gasteiger partial charge in [-0.1, -0.05) is 38.1 Å². The van der Waals surface area contributed by atoms with Crippen LogP contribution in [0, 0.1) is 17.2 Å². The van der Waals surface area contributed by atoms with Crippen molar-refractivity contribution in [2.24, 2.45) is 5.92 Å². The van der Waals surface area contributed by atoms with E-state index in [4.69, 9.17) is 9.47 Å². The Morgan fingerprint density at radius 2 is 1.81 bits per heavy atom. The molecule has 0 saturated heterocycles. The molecule has 0 aliphatic heterocycles. The minimum absolute atomic E-state index is 0.123. The van der Waals surface area contributed by atoms with Gasteiger partial charge in [0, 0.05) is 6.54 Å². The second-order valence-electron chi connectivity index (χ2n) is 8.43. The number of ether oxygens (including phenoxy) is 2.